The van der Waals surface area contributed by atoms with Gasteiger partial charge in [0.15, 0.2) is 0 Å². The summed E-state index contributed by atoms with van der Waals surface area (Å²) in [6, 6.07) is 26.0. The lowest BCUT2D eigenvalue weighted by atomic mass is 9.51. The molecule has 4 rings (SSSR count). The third-order valence-electron chi connectivity index (χ3n) is 7.87. The van der Waals surface area contributed by atoms with Gasteiger partial charge < -0.3 is 19.1 Å². The van der Waals surface area contributed by atoms with Crippen molar-refractivity contribution >= 4 is 47.1 Å². The van der Waals surface area contributed by atoms with Crippen LogP contribution in [0.2, 0.25) is 0 Å². The zero-order chi connectivity index (χ0) is 29.8. The fraction of sp³-hybridized carbons (Fsp3) is 0.314. The Labute approximate surface area is 248 Å². The molecule has 0 aliphatic carbocycles. The van der Waals surface area contributed by atoms with Gasteiger partial charge in [0.1, 0.15) is 6.79 Å². The van der Waals surface area contributed by atoms with Crippen molar-refractivity contribution < 1.29 is 9.31 Å². The van der Waals surface area contributed by atoms with Gasteiger partial charge in [-0.1, -0.05) is 94.0 Å². The fourth-order valence-corrected chi connectivity index (χ4v) is 6.28. The van der Waals surface area contributed by atoms with Gasteiger partial charge in [0.25, 0.3) is 0 Å². The smallest absolute Gasteiger partial charge is 0.366 e. The third kappa shape index (κ3) is 6.72. The first-order valence-corrected chi connectivity index (χ1v) is 14.4. The summed E-state index contributed by atoms with van der Waals surface area (Å²) in [7, 11) is 8.33. The molecule has 0 fully saturated rings. The van der Waals surface area contributed by atoms with Gasteiger partial charge in [0.2, 0.25) is 0 Å². The van der Waals surface area contributed by atoms with Gasteiger partial charge in [0, 0.05) is 39.6 Å². The highest BCUT2D eigenvalue weighted by Crippen LogP contribution is 2.16. The highest BCUT2D eigenvalue weighted by atomic mass is 16.6. The van der Waals surface area contributed by atoms with Crippen LogP contribution in [0, 0.1) is 41.5 Å². The standard InChI is InChI=1S/C35H44B2N2O2/c1-24-19-26(3)34(27(4)20-24)36(30-15-11-13-17-32(30)38(7)8)40-23-41-37(31-16-12-14-18-33(31)39(9)10)35-28(5)21-25(2)22-29(35)6/h11-22H,23H2,1-10H3. The fourth-order valence-electron chi connectivity index (χ4n) is 6.28. The van der Waals surface area contributed by atoms with Crippen LogP contribution in [0.1, 0.15) is 33.4 Å². The Hall–Kier alpha value is -3.47. The van der Waals surface area contributed by atoms with Crippen molar-refractivity contribution in [1.29, 1.82) is 0 Å². The molecule has 0 radical (unpaired) electrons. The van der Waals surface area contributed by atoms with E-state index in [0.29, 0.717) is 0 Å². The number of benzene rings is 4. The highest BCUT2D eigenvalue weighted by molar-refractivity contribution is 6.83. The summed E-state index contributed by atoms with van der Waals surface area (Å²) in [6.45, 7) is 12.6. The van der Waals surface area contributed by atoms with Crippen LogP contribution in [-0.4, -0.2) is 48.8 Å². The van der Waals surface area contributed by atoms with E-state index in [1.165, 1.54) is 44.3 Å². The topological polar surface area (TPSA) is 24.9 Å². The van der Waals surface area contributed by atoms with Crippen LogP contribution in [0.5, 0.6) is 0 Å². The van der Waals surface area contributed by atoms with Crippen molar-refractivity contribution in [2.45, 2.75) is 41.5 Å². The molecule has 0 N–H and O–H groups in total. The molecule has 0 aliphatic rings. The average molecular weight is 546 g/mol. The lowest BCUT2D eigenvalue weighted by Crippen LogP contribution is -2.52. The molecule has 0 atom stereocenters. The minimum absolute atomic E-state index is 0.137. The second-order valence-electron chi connectivity index (χ2n) is 11.7. The van der Waals surface area contributed by atoms with Gasteiger partial charge in [-0.25, -0.2) is 0 Å². The Balaban J connectivity index is 1.78. The van der Waals surface area contributed by atoms with Crippen LogP contribution in [0.3, 0.4) is 0 Å². The van der Waals surface area contributed by atoms with E-state index in [4.69, 9.17) is 9.31 Å². The predicted octanol–water partition coefficient (Wildman–Crippen LogP) is 4.57. The third-order valence-corrected chi connectivity index (χ3v) is 7.87. The molecule has 0 aliphatic heterocycles. The van der Waals surface area contributed by atoms with Crippen LogP contribution in [-0.2, 0) is 9.31 Å². The normalized spacial score (nSPS) is 11.0. The summed E-state index contributed by atoms with van der Waals surface area (Å²) < 4.78 is 13.6. The first kappa shape index (κ1) is 30.5. The van der Waals surface area contributed by atoms with Crippen molar-refractivity contribution in [3.05, 3.63) is 106 Å². The highest BCUT2D eigenvalue weighted by Gasteiger charge is 2.32. The number of hydrogen-bond acceptors (Lipinski definition) is 4. The molecule has 4 aromatic rings. The van der Waals surface area contributed by atoms with E-state index in [-0.39, 0.29) is 20.6 Å². The molecule has 0 bridgehead atoms. The summed E-state index contributed by atoms with van der Waals surface area (Å²) in [5.74, 6) is 0. The van der Waals surface area contributed by atoms with Crippen molar-refractivity contribution in [1.82, 2.24) is 0 Å². The van der Waals surface area contributed by atoms with E-state index in [9.17, 15) is 0 Å². The summed E-state index contributed by atoms with van der Waals surface area (Å²) in [6.07, 6.45) is 0. The van der Waals surface area contributed by atoms with Crippen LogP contribution in [0.15, 0.2) is 72.8 Å². The second-order valence-corrected chi connectivity index (χ2v) is 11.7. The molecule has 4 aromatic carbocycles. The van der Waals surface area contributed by atoms with Crippen molar-refractivity contribution in [2.24, 2.45) is 0 Å². The molecule has 4 nitrogen and oxygen atoms in total. The number of rotatable bonds is 10. The molecule has 41 heavy (non-hydrogen) atoms. The Morgan fingerprint density at radius 2 is 0.829 bits per heavy atom. The maximum Gasteiger partial charge on any atom is 0.366 e. The minimum atomic E-state index is -0.279. The Bertz CT molecular complexity index is 1360. The zero-order valence-electron chi connectivity index (χ0n) is 26.5. The van der Waals surface area contributed by atoms with Gasteiger partial charge in [0.05, 0.1) is 0 Å². The second kappa shape index (κ2) is 13.0. The molecule has 0 aromatic heterocycles. The molecule has 0 saturated carbocycles. The van der Waals surface area contributed by atoms with E-state index in [2.05, 4.69) is 152 Å². The minimum Gasteiger partial charge on any atom is -0.405 e. The molecular weight excluding hydrogens is 502 g/mol. The number of para-hydroxylation sites is 2. The van der Waals surface area contributed by atoms with Gasteiger partial charge >= 0.3 is 13.8 Å². The molecule has 0 spiro atoms. The molecule has 0 heterocycles. The van der Waals surface area contributed by atoms with Gasteiger partial charge in [-0.05, 0) is 75.5 Å². The zero-order valence-corrected chi connectivity index (χ0v) is 26.5. The summed E-state index contributed by atoms with van der Waals surface area (Å²) in [5, 5.41) is 0. The van der Waals surface area contributed by atoms with E-state index in [0.717, 1.165) is 22.3 Å². The van der Waals surface area contributed by atoms with Crippen LogP contribution >= 0.6 is 0 Å². The van der Waals surface area contributed by atoms with E-state index < -0.39 is 0 Å². The SMILES string of the molecule is Cc1cc(C)c(B(OCOB(c2ccccc2N(C)C)c2c(C)cc(C)cc2C)c2ccccc2N(C)C)c(C)c1. The molecule has 0 unspecified atom stereocenters. The lowest BCUT2D eigenvalue weighted by molar-refractivity contribution is 0.127. The Kier molecular flexibility index (Phi) is 9.68. The Morgan fingerprint density at radius 3 is 1.15 bits per heavy atom. The summed E-state index contributed by atoms with van der Waals surface area (Å²) in [5.41, 5.74) is 14.3. The van der Waals surface area contributed by atoms with Crippen LogP contribution in [0.25, 0.3) is 0 Å². The average Bonchev–Trinajstić information content (AvgIpc) is 2.90. The van der Waals surface area contributed by atoms with E-state index in [1.54, 1.807) is 0 Å². The first-order valence-electron chi connectivity index (χ1n) is 14.4. The number of aryl methyl sites for hydroxylation is 6. The molecule has 0 amide bonds. The monoisotopic (exact) mass is 546 g/mol. The summed E-state index contributed by atoms with van der Waals surface area (Å²) in [4.78, 5) is 4.31. The van der Waals surface area contributed by atoms with Crippen molar-refractivity contribution in [3.8, 4) is 0 Å². The van der Waals surface area contributed by atoms with Crippen LogP contribution in [0.4, 0.5) is 11.4 Å². The predicted molar refractivity (Wildman–Crippen MR) is 180 cm³/mol. The number of anilines is 2. The molecule has 212 valence electrons. The van der Waals surface area contributed by atoms with E-state index >= 15 is 0 Å². The van der Waals surface area contributed by atoms with Gasteiger partial charge in [-0.15, -0.1) is 0 Å². The van der Waals surface area contributed by atoms with Crippen molar-refractivity contribution in [2.75, 3.05) is 44.8 Å². The Morgan fingerprint density at radius 1 is 0.512 bits per heavy atom. The molecule has 6 heteroatoms. The van der Waals surface area contributed by atoms with Crippen LogP contribution < -0.4 is 31.7 Å². The number of hydrogen-bond donors (Lipinski definition) is 0. The van der Waals surface area contributed by atoms with E-state index in [1.807, 2.05) is 0 Å². The maximum atomic E-state index is 6.82. The van der Waals surface area contributed by atoms with Gasteiger partial charge in [-0.2, -0.15) is 0 Å². The summed E-state index contributed by atoms with van der Waals surface area (Å²) >= 11 is 0. The molecule has 0 saturated heterocycles. The van der Waals surface area contributed by atoms with Crippen molar-refractivity contribution in [3.63, 3.8) is 0 Å². The first-order chi connectivity index (χ1) is 19.5. The van der Waals surface area contributed by atoms with Gasteiger partial charge in [-0.3, -0.25) is 0 Å². The molecular formula is C35H44B2N2O2. The number of nitrogens with zero attached hydrogens (tertiary/aromatic N) is 2. The largest absolute Gasteiger partial charge is 0.405 e. The quantitative estimate of drug-likeness (QED) is 0.215. The lowest BCUT2D eigenvalue weighted by Gasteiger charge is -2.27. The maximum absolute atomic E-state index is 6.82.